The number of likely N-dealkylation sites (N-methyl/N-ethyl adjacent to an activating group) is 2. The molecule has 2 unspecified atom stereocenters. The highest BCUT2D eigenvalue weighted by Crippen LogP contribution is 2.52. The molecule has 4 heterocycles. The molecule has 0 fully saturated rings. The number of aliphatic hydroxyl groups excluding tert-OH is 1. The molecule has 0 amide bonds. The summed E-state index contributed by atoms with van der Waals surface area (Å²) in [5.41, 5.74) is 5.84. The van der Waals surface area contributed by atoms with Crippen LogP contribution >= 0.6 is 0 Å². The van der Waals surface area contributed by atoms with Crippen LogP contribution in [-0.4, -0.2) is 68.5 Å². The van der Waals surface area contributed by atoms with Gasteiger partial charge in [0, 0.05) is 24.7 Å². The summed E-state index contributed by atoms with van der Waals surface area (Å²) in [5, 5.41) is 22.9. The van der Waals surface area contributed by atoms with Gasteiger partial charge in [0.15, 0.2) is 34.5 Å². The van der Waals surface area contributed by atoms with E-state index in [2.05, 4.69) is 35.0 Å². The first-order valence-corrected chi connectivity index (χ1v) is 15.6. The predicted molar refractivity (Wildman–Crippen MR) is 174 cm³/mol. The zero-order valence-corrected chi connectivity index (χ0v) is 26.9. The molecule has 0 saturated heterocycles. The minimum Gasteiger partial charge on any atom is -0.504 e. The van der Waals surface area contributed by atoms with E-state index in [0.29, 0.717) is 59.6 Å². The molecule has 4 aliphatic rings. The molecule has 4 aromatic carbocycles. The molecule has 46 heavy (non-hydrogen) atoms. The van der Waals surface area contributed by atoms with Crippen molar-refractivity contribution in [2.24, 2.45) is 0 Å². The molecule has 0 radical (unpaired) electrons. The number of fused-ring (bicyclic) bond motifs is 2. The van der Waals surface area contributed by atoms with Crippen LogP contribution in [0, 0.1) is 0 Å². The van der Waals surface area contributed by atoms with E-state index in [9.17, 15) is 10.2 Å². The van der Waals surface area contributed by atoms with E-state index in [4.69, 9.17) is 23.7 Å². The van der Waals surface area contributed by atoms with Crippen LogP contribution in [0.3, 0.4) is 0 Å². The number of phenols is 1. The van der Waals surface area contributed by atoms with Crippen molar-refractivity contribution in [2.75, 3.05) is 48.5 Å². The first-order valence-electron chi connectivity index (χ1n) is 15.6. The Kier molecular flexibility index (Phi) is 7.92. The van der Waals surface area contributed by atoms with Crippen LogP contribution in [0.1, 0.15) is 51.6 Å². The zero-order valence-electron chi connectivity index (χ0n) is 26.9. The van der Waals surface area contributed by atoms with Gasteiger partial charge in [0.1, 0.15) is 5.75 Å². The molecule has 9 heteroatoms. The van der Waals surface area contributed by atoms with Gasteiger partial charge >= 0.3 is 0 Å². The number of benzene rings is 4. The molecule has 0 aromatic heterocycles. The Balaban J connectivity index is 1.48. The second-order valence-corrected chi connectivity index (χ2v) is 12.4. The lowest BCUT2D eigenvalue weighted by molar-refractivity contribution is 0.0684. The summed E-state index contributed by atoms with van der Waals surface area (Å²) in [7, 11) is 9.02. The molecule has 240 valence electrons. The Morgan fingerprint density at radius 1 is 0.761 bits per heavy atom. The van der Waals surface area contributed by atoms with E-state index in [1.54, 1.807) is 27.4 Å². The highest BCUT2D eigenvalue weighted by Gasteiger charge is 2.36. The normalized spacial score (nSPS) is 20.9. The SMILES string of the molecule is COc1cc2c3cc1Oc1c(OC)c(OC)cc4c1[C@H](Cc1ccc(cc1)Oc1cc(ccc1O)C(C3O)N(C)CC2)N(C)CC4. The lowest BCUT2D eigenvalue weighted by Crippen LogP contribution is -2.34. The summed E-state index contributed by atoms with van der Waals surface area (Å²) in [5.74, 6) is 3.71. The fourth-order valence-electron chi connectivity index (χ4n) is 7.21. The Morgan fingerprint density at radius 2 is 1.48 bits per heavy atom. The third-order valence-electron chi connectivity index (χ3n) is 9.72. The summed E-state index contributed by atoms with van der Waals surface area (Å²) in [4.78, 5) is 4.47. The maximum atomic E-state index is 12.1. The monoisotopic (exact) mass is 624 g/mol. The Labute approximate surface area is 269 Å². The summed E-state index contributed by atoms with van der Waals surface area (Å²) < 4.78 is 30.8. The molecular formula is C37H40N2O7. The van der Waals surface area contributed by atoms with Crippen molar-refractivity contribution in [3.05, 3.63) is 94.0 Å². The van der Waals surface area contributed by atoms with E-state index in [0.717, 1.165) is 46.3 Å². The average molecular weight is 625 g/mol. The minimum atomic E-state index is -0.911. The number of hydrogen-bond donors (Lipinski definition) is 2. The number of ether oxygens (including phenoxy) is 5. The van der Waals surface area contributed by atoms with Crippen LogP contribution in [0.15, 0.2) is 60.7 Å². The topological polar surface area (TPSA) is 93.1 Å². The van der Waals surface area contributed by atoms with Crippen molar-refractivity contribution < 1.29 is 33.9 Å². The minimum absolute atomic E-state index is 0.0274. The van der Waals surface area contributed by atoms with Gasteiger partial charge in [-0.25, -0.2) is 0 Å². The van der Waals surface area contributed by atoms with Gasteiger partial charge in [-0.2, -0.15) is 0 Å². The Bertz CT molecular complexity index is 1770. The second-order valence-electron chi connectivity index (χ2n) is 12.4. The quantitative estimate of drug-likeness (QED) is 0.271. The summed E-state index contributed by atoms with van der Waals surface area (Å²) in [6.07, 6.45) is 1.33. The van der Waals surface area contributed by atoms with Crippen molar-refractivity contribution in [1.29, 1.82) is 0 Å². The molecule has 0 saturated carbocycles. The predicted octanol–water partition coefficient (Wildman–Crippen LogP) is 6.35. The molecule has 7 bridgehead atoms. The van der Waals surface area contributed by atoms with Crippen molar-refractivity contribution in [3.63, 3.8) is 0 Å². The van der Waals surface area contributed by atoms with E-state index < -0.39 is 12.1 Å². The molecule has 4 aliphatic heterocycles. The largest absolute Gasteiger partial charge is 0.504 e. The fourth-order valence-corrected chi connectivity index (χ4v) is 7.21. The summed E-state index contributed by atoms with van der Waals surface area (Å²) in [6.45, 7) is 1.56. The Hall–Kier alpha value is -4.44. The van der Waals surface area contributed by atoms with Crippen LogP contribution in [0.2, 0.25) is 0 Å². The van der Waals surface area contributed by atoms with Crippen molar-refractivity contribution in [1.82, 2.24) is 9.80 Å². The van der Waals surface area contributed by atoms with E-state index in [1.165, 1.54) is 0 Å². The number of nitrogens with zero attached hydrogens (tertiary/aromatic N) is 2. The van der Waals surface area contributed by atoms with Crippen LogP contribution in [0.25, 0.3) is 0 Å². The van der Waals surface area contributed by atoms with Gasteiger partial charge in [-0.05, 0) is 104 Å². The third kappa shape index (κ3) is 5.18. The van der Waals surface area contributed by atoms with Crippen molar-refractivity contribution in [3.8, 4) is 46.0 Å². The number of phenolic OH excluding ortho intramolecular Hbond substituents is 1. The van der Waals surface area contributed by atoms with Gasteiger partial charge in [-0.15, -0.1) is 0 Å². The zero-order chi connectivity index (χ0) is 32.1. The molecular weight excluding hydrogens is 584 g/mol. The summed E-state index contributed by atoms with van der Waals surface area (Å²) >= 11 is 0. The maximum absolute atomic E-state index is 12.1. The maximum Gasteiger partial charge on any atom is 0.204 e. The second kappa shape index (κ2) is 12.1. The van der Waals surface area contributed by atoms with Crippen molar-refractivity contribution in [2.45, 2.75) is 37.5 Å². The highest BCUT2D eigenvalue weighted by molar-refractivity contribution is 5.63. The van der Waals surface area contributed by atoms with Gasteiger partial charge in [-0.1, -0.05) is 18.2 Å². The summed E-state index contributed by atoms with van der Waals surface area (Å²) in [6, 6.07) is 18.7. The number of methoxy groups -OCH3 is 3. The van der Waals surface area contributed by atoms with E-state index in [-0.39, 0.29) is 11.8 Å². The van der Waals surface area contributed by atoms with Gasteiger partial charge in [-0.3, -0.25) is 9.80 Å². The first-order chi connectivity index (χ1) is 22.3. The number of aromatic hydroxyl groups is 1. The van der Waals surface area contributed by atoms with E-state index in [1.807, 2.05) is 43.4 Å². The lowest BCUT2D eigenvalue weighted by Gasteiger charge is -2.37. The number of rotatable bonds is 3. The van der Waals surface area contributed by atoms with Crippen LogP contribution in [0.5, 0.6) is 46.0 Å². The number of aliphatic hydroxyl groups is 1. The number of hydrogen-bond acceptors (Lipinski definition) is 9. The van der Waals surface area contributed by atoms with Crippen LogP contribution in [0.4, 0.5) is 0 Å². The lowest BCUT2D eigenvalue weighted by atomic mass is 9.87. The fraction of sp³-hybridized carbons (Fsp3) is 0.351. The molecule has 3 atom stereocenters. The Morgan fingerprint density at radius 3 is 2.22 bits per heavy atom. The molecule has 9 nitrogen and oxygen atoms in total. The van der Waals surface area contributed by atoms with E-state index >= 15 is 0 Å². The van der Waals surface area contributed by atoms with Crippen LogP contribution in [-0.2, 0) is 19.3 Å². The van der Waals surface area contributed by atoms with Gasteiger partial charge in [0.2, 0.25) is 5.75 Å². The third-order valence-corrected chi connectivity index (χ3v) is 9.72. The molecule has 2 N–H and O–H groups in total. The smallest absolute Gasteiger partial charge is 0.204 e. The highest BCUT2D eigenvalue weighted by atomic mass is 16.5. The standard InChI is InChI=1S/C37H40N2O7/c1-38-14-13-23-18-32(43-4)36(44-5)37-33(23)27(38)16-21-6-9-25(10-7-21)45-29-19-24(8-11-28(29)40)34-35(41)26-20-31(46-37)30(42-3)17-22(26)12-15-39(34)2/h6-11,17-20,27,34-35,40-41H,12-16H2,1-5H3/t27-,34?,35?/m0/s1. The molecule has 4 aromatic rings. The first kappa shape index (κ1) is 30.2. The van der Waals surface area contributed by atoms with Gasteiger partial charge < -0.3 is 33.9 Å². The average Bonchev–Trinajstić information content (AvgIpc) is 3.18. The van der Waals surface area contributed by atoms with Gasteiger partial charge in [0.25, 0.3) is 0 Å². The van der Waals surface area contributed by atoms with Crippen LogP contribution < -0.4 is 23.7 Å². The molecule has 0 aliphatic carbocycles. The van der Waals surface area contributed by atoms with Gasteiger partial charge in [0.05, 0.1) is 33.5 Å². The molecule has 8 rings (SSSR count). The van der Waals surface area contributed by atoms with Crippen molar-refractivity contribution >= 4 is 0 Å². The molecule has 0 spiro atoms.